The molecule has 0 atom stereocenters. The van der Waals surface area contributed by atoms with E-state index in [0.29, 0.717) is 58.2 Å². The van der Waals surface area contributed by atoms with Crippen molar-refractivity contribution in [1.29, 1.82) is 0 Å². The van der Waals surface area contributed by atoms with Gasteiger partial charge in [0.05, 0.1) is 0 Å². The zero-order valence-electron chi connectivity index (χ0n) is 21.8. The molecule has 8 nitrogen and oxygen atoms in total. The minimum Gasteiger partial charge on any atom is -0.328 e. The highest BCUT2D eigenvalue weighted by Crippen LogP contribution is 2.35. The van der Waals surface area contributed by atoms with Crippen molar-refractivity contribution in [3.63, 3.8) is 0 Å². The third-order valence-corrected chi connectivity index (χ3v) is 7.23. The smallest absolute Gasteiger partial charge is 0.164 e. The average Bonchev–Trinajstić information content (AvgIpc) is 3.65. The Balaban J connectivity index is 1.56. The zero-order valence-corrected chi connectivity index (χ0v) is 21.8. The quantitative estimate of drug-likeness (QED) is 0.223. The van der Waals surface area contributed by atoms with Gasteiger partial charge in [0.2, 0.25) is 0 Å². The van der Waals surface area contributed by atoms with Gasteiger partial charge in [0, 0.05) is 45.0 Å². The second kappa shape index (κ2) is 9.17. The standard InChI is InChI=1S/C33H22N8/c1-19-11-3-2-4-18-26-34-27(19)36-29-22-14-7-8-15-23(22)31(38-29)40-33-25-17-10-9-16-24(25)32(41-33)39-30-21-13-6-5-12-20(21)28(35-26)37-30/h2-17H,1,18H2,(H2,34,35,36,37,38,39,40,41)/b4-2-,11-3-. The lowest BCUT2D eigenvalue weighted by atomic mass is 10.1. The molecule has 2 aromatic heterocycles. The molecule has 41 heavy (non-hydrogen) atoms. The molecule has 8 rings (SSSR count). The van der Waals surface area contributed by atoms with Gasteiger partial charge in [-0.05, 0) is 0 Å². The topological polar surface area (TPSA) is 109 Å². The van der Waals surface area contributed by atoms with E-state index in [1.807, 2.05) is 97.1 Å². The average molecular weight is 531 g/mol. The van der Waals surface area contributed by atoms with Crippen molar-refractivity contribution in [3.8, 4) is 45.6 Å². The Morgan fingerprint density at radius 1 is 0.537 bits per heavy atom. The van der Waals surface area contributed by atoms with Crippen LogP contribution in [0, 0.1) is 0 Å². The van der Waals surface area contributed by atoms with Gasteiger partial charge in [0.15, 0.2) is 23.3 Å². The monoisotopic (exact) mass is 530 g/mol. The Bertz CT molecular complexity index is 2160. The van der Waals surface area contributed by atoms with Crippen LogP contribution in [0.25, 0.3) is 73.2 Å². The van der Waals surface area contributed by atoms with Crippen LogP contribution >= 0.6 is 0 Å². The van der Waals surface area contributed by atoms with Gasteiger partial charge >= 0.3 is 0 Å². The number of hydrogen-bond donors (Lipinski definition) is 2. The molecule has 3 aromatic carbocycles. The maximum Gasteiger partial charge on any atom is 0.164 e. The Morgan fingerprint density at radius 3 is 1.63 bits per heavy atom. The van der Waals surface area contributed by atoms with E-state index >= 15 is 0 Å². The SMILES string of the molecule is C=C1/C=C\C=C/Cc2nc3nc(nc4[nH]c(nc5nc(nc1[nH]2)-c1ccccc1-5)c1ccccc41)-c1ccccc1-3. The van der Waals surface area contributed by atoms with Crippen LogP contribution in [0.5, 0.6) is 0 Å². The van der Waals surface area contributed by atoms with Gasteiger partial charge in [-0.3, -0.25) is 0 Å². The van der Waals surface area contributed by atoms with Crippen molar-refractivity contribution < 1.29 is 0 Å². The van der Waals surface area contributed by atoms with Crippen molar-refractivity contribution in [1.82, 2.24) is 39.9 Å². The minimum absolute atomic E-state index is 0.546. The molecular weight excluding hydrogens is 508 g/mol. The van der Waals surface area contributed by atoms with Crippen LogP contribution in [0.1, 0.15) is 11.6 Å². The number of allylic oxidation sites excluding steroid dienone is 5. The van der Waals surface area contributed by atoms with Gasteiger partial charge in [-0.25, -0.2) is 29.9 Å². The highest BCUT2D eigenvalue weighted by Gasteiger charge is 2.21. The van der Waals surface area contributed by atoms with Crippen molar-refractivity contribution in [2.75, 3.05) is 0 Å². The summed E-state index contributed by atoms with van der Waals surface area (Å²) >= 11 is 0. The number of nitrogens with one attached hydrogen (secondary N) is 2. The predicted octanol–water partition coefficient (Wildman–Crippen LogP) is 6.81. The second-order valence-electron chi connectivity index (χ2n) is 9.86. The molecule has 194 valence electrons. The summed E-state index contributed by atoms with van der Waals surface area (Å²) in [7, 11) is 0. The van der Waals surface area contributed by atoms with E-state index in [4.69, 9.17) is 29.9 Å². The summed E-state index contributed by atoms with van der Waals surface area (Å²) in [4.78, 5) is 36.7. The molecule has 0 amide bonds. The molecule has 2 N–H and O–H groups in total. The molecule has 0 aliphatic carbocycles. The second-order valence-corrected chi connectivity index (χ2v) is 9.86. The number of H-pyrrole nitrogens is 2. The third kappa shape index (κ3) is 3.92. The lowest BCUT2D eigenvalue weighted by Crippen LogP contribution is -1.98. The summed E-state index contributed by atoms with van der Waals surface area (Å²) in [6, 6.07) is 24.0. The van der Waals surface area contributed by atoms with E-state index in [1.54, 1.807) is 0 Å². The Morgan fingerprint density at radius 2 is 1.05 bits per heavy atom. The summed E-state index contributed by atoms with van der Waals surface area (Å²) in [5, 5.41) is 1.89. The largest absolute Gasteiger partial charge is 0.328 e. The van der Waals surface area contributed by atoms with Crippen molar-refractivity contribution in [2.45, 2.75) is 6.42 Å². The zero-order chi connectivity index (χ0) is 27.3. The Hall–Kier alpha value is -5.76. The molecule has 0 spiro atoms. The van der Waals surface area contributed by atoms with Crippen LogP contribution in [-0.4, -0.2) is 39.9 Å². The minimum atomic E-state index is 0.546. The van der Waals surface area contributed by atoms with Gasteiger partial charge in [-0.2, -0.15) is 0 Å². The van der Waals surface area contributed by atoms with Gasteiger partial charge in [0.1, 0.15) is 22.9 Å². The number of hydrogen-bond acceptors (Lipinski definition) is 6. The van der Waals surface area contributed by atoms with Gasteiger partial charge in [0.25, 0.3) is 0 Å². The first kappa shape index (κ1) is 23.2. The summed E-state index contributed by atoms with van der Waals surface area (Å²) in [6.45, 7) is 4.26. The summed E-state index contributed by atoms with van der Waals surface area (Å²) in [5.41, 5.74) is 5.68. The molecule has 5 heterocycles. The molecular formula is C33H22N8. The van der Waals surface area contributed by atoms with Crippen LogP contribution in [0.2, 0.25) is 0 Å². The van der Waals surface area contributed by atoms with Gasteiger partial charge in [-0.15, -0.1) is 0 Å². The predicted molar refractivity (Wildman–Crippen MR) is 161 cm³/mol. The maximum atomic E-state index is 5.01. The molecule has 0 saturated heterocycles. The molecule has 0 fully saturated rings. The molecule has 8 bridgehead atoms. The van der Waals surface area contributed by atoms with E-state index in [-0.39, 0.29) is 0 Å². The van der Waals surface area contributed by atoms with E-state index in [2.05, 4.69) is 16.5 Å². The Kier molecular flexibility index (Phi) is 5.18. The number of aromatic nitrogens is 8. The van der Waals surface area contributed by atoms with E-state index in [1.165, 1.54) is 0 Å². The number of benzene rings is 3. The Labute approximate surface area is 234 Å². The van der Waals surface area contributed by atoms with Crippen LogP contribution < -0.4 is 0 Å². The molecule has 0 saturated carbocycles. The number of aromatic amines is 2. The number of fused-ring (bicyclic) bond motifs is 17. The lowest BCUT2D eigenvalue weighted by Gasteiger charge is -2.02. The molecule has 0 radical (unpaired) electrons. The molecule has 0 unspecified atom stereocenters. The lowest BCUT2D eigenvalue weighted by molar-refractivity contribution is 0.967. The van der Waals surface area contributed by atoms with Crippen LogP contribution in [0.15, 0.2) is 104 Å². The highest BCUT2D eigenvalue weighted by atomic mass is 15.1. The van der Waals surface area contributed by atoms with Crippen LogP contribution in [-0.2, 0) is 6.42 Å². The fourth-order valence-corrected chi connectivity index (χ4v) is 5.24. The molecule has 3 aliphatic heterocycles. The first-order chi connectivity index (χ1) is 20.2. The van der Waals surface area contributed by atoms with Gasteiger partial charge in [-0.1, -0.05) is 104 Å². The summed E-state index contributed by atoms with van der Waals surface area (Å²) in [6.07, 6.45) is 8.42. The normalized spacial score (nSPS) is 14.7. The summed E-state index contributed by atoms with van der Waals surface area (Å²) in [5.74, 6) is 3.53. The van der Waals surface area contributed by atoms with Crippen molar-refractivity contribution in [2.24, 2.45) is 0 Å². The van der Waals surface area contributed by atoms with E-state index in [9.17, 15) is 0 Å². The molecule has 8 heteroatoms. The number of nitrogens with zero attached hydrogens (tertiary/aromatic N) is 6. The fourth-order valence-electron chi connectivity index (χ4n) is 5.24. The van der Waals surface area contributed by atoms with Crippen LogP contribution in [0.4, 0.5) is 0 Å². The molecule has 5 aromatic rings. The van der Waals surface area contributed by atoms with Crippen molar-refractivity contribution >= 4 is 27.6 Å². The maximum absolute atomic E-state index is 5.01. The highest BCUT2D eigenvalue weighted by molar-refractivity contribution is 6.04. The van der Waals surface area contributed by atoms with Gasteiger partial charge < -0.3 is 9.97 Å². The van der Waals surface area contributed by atoms with Crippen molar-refractivity contribution in [3.05, 3.63) is 115 Å². The fraction of sp³-hybridized carbons (Fsp3) is 0.0303. The van der Waals surface area contributed by atoms with E-state index < -0.39 is 0 Å². The first-order valence-electron chi connectivity index (χ1n) is 13.3. The molecule has 3 aliphatic rings. The third-order valence-electron chi connectivity index (χ3n) is 7.23. The summed E-state index contributed by atoms with van der Waals surface area (Å²) < 4.78 is 0. The van der Waals surface area contributed by atoms with E-state index in [0.717, 1.165) is 33.0 Å². The number of rotatable bonds is 0. The first-order valence-corrected chi connectivity index (χ1v) is 13.3. The van der Waals surface area contributed by atoms with Crippen LogP contribution in [0.3, 0.4) is 0 Å².